The second-order valence-corrected chi connectivity index (χ2v) is 7.32. The summed E-state index contributed by atoms with van der Waals surface area (Å²) >= 11 is 0. The predicted octanol–water partition coefficient (Wildman–Crippen LogP) is 0.926. The van der Waals surface area contributed by atoms with Gasteiger partial charge in [-0.3, -0.25) is 14.4 Å². The summed E-state index contributed by atoms with van der Waals surface area (Å²) < 4.78 is 7.74. The lowest BCUT2D eigenvalue weighted by atomic mass is 9.81. The quantitative estimate of drug-likeness (QED) is 0.897. The minimum atomic E-state index is 0.0634. The number of piperidine rings is 1. The Morgan fingerprint density at radius 2 is 2.26 bits per heavy atom. The standard InChI is InChI=1S/C17H26N4O2/c1-20-8-12(7-18-20)9-21-10-15(14-5-6-23-16(14)11-21)17(22)19-13-3-2-4-13/h7-8,13-16H,2-6,9-11H2,1H3,(H,19,22)/t14-,15-,16+/m0/s1. The molecule has 3 aliphatic rings. The van der Waals surface area contributed by atoms with Crippen molar-refractivity contribution in [2.24, 2.45) is 18.9 Å². The Morgan fingerprint density at radius 1 is 1.39 bits per heavy atom. The van der Waals surface area contributed by atoms with Crippen LogP contribution in [0, 0.1) is 11.8 Å². The largest absolute Gasteiger partial charge is 0.377 e. The zero-order valence-electron chi connectivity index (χ0n) is 13.8. The first-order valence-corrected chi connectivity index (χ1v) is 8.81. The molecule has 6 heteroatoms. The van der Waals surface area contributed by atoms with Crippen molar-refractivity contribution in [3.8, 4) is 0 Å². The molecular weight excluding hydrogens is 292 g/mol. The number of hydrogen-bond acceptors (Lipinski definition) is 4. The highest BCUT2D eigenvalue weighted by atomic mass is 16.5. The summed E-state index contributed by atoms with van der Waals surface area (Å²) in [5.74, 6) is 0.694. The van der Waals surface area contributed by atoms with E-state index in [0.29, 0.717) is 12.0 Å². The SMILES string of the molecule is Cn1cc(CN2C[C@H](C(=O)NC3CCC3)[C@@H]3CCO[C@@H]3C2)cn1. The van der Waals surface area contributed by atoms with E-state index in [0.717, 1.165) is 45.5 Å². The maximum Gasteiger partial charge on any atom is 0.225 e. The molecule has 6 nitrogen and oxygen atoms in total. The number of amides is 1. The first kappa shape index (κ1) is 15.1. The molecule has 4 rings (SSSR count). The first-order valence-electron chi connectivity index (χ1n) is 8.81. The number of nitrogens with zero attached hydrogens (tertiary/aromatic N) is 3. The first-order chi connectivity index (χ1) is 11.2. The van der Waals surface area contributed by atoms with E-state index in [1.54, 1.807) is 0 Å². The number of nitrogens with one attached hydrogen (secondary N) is 1. The van der Waals surface area contributed by atoms with Crippen LogP contribution in [0.4, 0.5) is 0 Å². The van der Waals surface area contributed by atoms with Gasteiger partial charge in [0, 0.05) is 57.0 Å². The van der Waals surface area contributed by atoms with E-state index in [4.69, 9.17) is 4.74 Å². The molecule has 3 heterocycles. The predicted molar refractivity (Wildman–Crippen MR) is 85.6 cm³/mol. The lowest BCUT2D eigenvalue weighted by Gasteiger charge is -2.40. The fourth-order valence-corrected chi connectivity index (χ4v) is 4.13. The monoisotopic (exact) mass is 318 g/mol. The molecule has 1 aromatic heterocycles. The lowest BCUT2D eigenvalue weighted by molar-refractivity contribution is -0.132. The number of aryl methyl sites for hydroxylation is 1. The fraction of sp³-hybridized carbons (Fsp3) is 0.765. The fourth-order valence-electron chi connectivity index (χ4n) is 4.13. The normalized spacial score (nSPS) is 31.6. The van der Waals surface area contributed by atoms with Crippen LogP contribution in [-0.4, -0.2) is 52.4 Å². The Bertz CT molecular complexity index is 569. The van der Waals surface area contributed by atoms with Gasteiger partial charge in [-0.15, -0.1) is 0 Å². The van der Waals surface area contributed by atoms with Crippen molar-refractivity contribution in [3.05, 3.63) is 18.0 Å². The highest BCUT2D eigenvalue weighted by Gasteiger charge is 2.44. The van der Waals surface area contributed by atoms with Gasteiger partial charge in [0.25, 0.3) is 0 Å². The smallest absolute Gasteiger partial charge is 0.225 e. The van der Waals surface area contributed by atoms with Crippen LogP contribution in [-0.2, 0) is 23.1 Å². The average molecular weight is 318 g/mol. The van der Waals surface area contributed by atoms with Crippen molar-refractivity contribution in [1.29, 1.82) is 0 Å². The van der Waals surface area contributed by atoms with E-state index in [1.807, 2.05) is 24.1 Å². The van der Waals surface area contributed by atoms with E-state index in [9.17, 15) is 4.79 Å². The van der Waals surface area contributed by atoms with Crippen molar-refractivity contribution in [2.75, 3.05) is 19.7 Å². The topological polar surface area (TPSA) is 59.4 Å². The third-order valence-corrected chi connectivity index (χ3v) is 5.62. The summed E-state index contributed by atoms with van der Waals surface area (Å²) in [6.45, 7) is 3.39. The highest BCUT2D eigenvalue weighted by Crippen LogP contribution is 2.35. The zero-order chi connectivity index (χ0) is 15.8. The number of carbonyl (C=O) groups excluding carboxylic acids is 1. The van der Waals surface area contributed by atoms with E-state index >= 15 is 0 Å². The van der Waals surface area contributed by atoms with Crippen LogP contribution in [0.15, 0.2) is 12.4 Å². The van der Waals surface area contributed by atoms with Crippen molar-refractivity contribution in [3.63, 3.8) is 0 Å². The summed E-state index contributed by atoms with van der Waals surface area (Å²) in [7, 11) is 1.94. The Labute approximate surface area is 137 Å². The molecule has 0 spiro atoms. The Morgan fingerprint density at radius 3 is 2.96 bits per heavy atom. The van der Waals surface area contributed by atoms with Gasteiger partial charge in [0.15, 0.2) is 0 Å². The van der Waals surface area contributed by atoms with Gasteiger partial charge >= 0.3 is 0 Å². The molecule has 1 saturated carbocycles. The molecule has 126 valence electrons. The van der Waals surface area contributed by atoms with Crippen LogP contribution in [0.25, 0.3) is 0 Å². The number of fused-ring (bicyclic) bond motifs is 1. The molecule has 23 heavy (non-hydrogen) atoms. The number of aromatic nitrogens is 2. The van der Waals surface area contributed by atoms with E-state index in [2.05, 4.69) is 15.3 Å². The summed E-state index contributed by atoms with van der Waals surface area (Å²) in [6.07, 6.45) is 8.71. The van der Waals surface area contributed by atoms with Crippen molar-refractivity contribution in [1.82, 2.24) is 20.0 Å². The van der Waals surface area contributed by atoms with Gasteiger partial charge in [-0.25, -0.2) is 0 Å². The average Bonchev–Trinajstić information content (AvgIpc) is 3.10. The number of carbonyl (C=O) groups is 1. The highest BCUT2D eigenvalue weighted by molar-refractivity contribution is 5.80. The molecule has 1 aliphatic carbocycles. The van der Waals surface area contributed by atoms with Crippen molar-refractivity contribution >= 4 is 5.91 Å². The van der Waals surface area contributed by atoms with Crippen LogP contribution in [0.5, 0.6) is 0 Å². The molecule has 2 saturated heterocycles. The second-order valence-electron chi connectivity index (χ2n) is 7.32. The minimum absolute atomic E-state index is 0.0634. The van der Waals surface area contributed by atoms with E-state index in [1.165, 1.54) is 12.0 Å². The van der Waals surface area contributed by atoms with Gasteiger partial charge < -0.3 is 10.1 Å². The number of ether oxygens (including phenoxy) is 1. The Kier molecular flexibility index (Phi) is 4.11. The van der Waals surface area contributed by atoms with Gasteiger partial charge in [0.2, 0.25) is 5.91 Å². The second kappa shape index (κ2) is 6.24. The van der Waals surface area contributed by atoms with Gasteiger partial charge in [0.05, 0.1) is 18.2 Å². The van der Waals surface area contributed by atoms with Gasteiger partial charge in [-0.2, -0.15) is 5.10 Å². The molecule has 1 aromatic rings. The van der Waals surface area contributed by atoms with Gasteiger partial charge in [-0.05, 0) is 25.7 Å². The Balaban J connectivity index is 1.44. The molecule has 0 bridgehead atoms. The van der Waals surface area contributed by atoms with E-state index in [-0.39, 0.29) is 17.9 Å². The third-order valence-electron chi connectivity index (χ3n) is 5.62. The van der Waals surface area contributed by atoms with Crippen LogP contribution in [0.3, 0.4) is 0 Å². The van der Waals surface area contributed by atoms with Crippen LogP contribution >= 0.6 is 0 Å². The number of hydrogen-bond donors (Lipinski definition) is 1. The van der Waals surface area contributed by atoms with E-state index < -0.39 is 0 Å². The third kappa shape index (κ3) is 3.15. The molecule has 1 N–H and O–H groups in total. The number of rotatable bonds is 4. The Hall–Kier alpha value is -1.40. The van der Waals surface area contributed by atoms with Crippen molar-refractivity contribution < 1.29 is 9.53 Å². The summed E-state index contributed by atoms with van der Waals surface area (Å²) in [4.78, 5) is 15.1. The van der Waals surface area contributed by atoms with Gasteiger partial charge in [-0.1, -0.05) is 0 Å². The molecule has 0 radical (unpaired) electrons. The van der Waals surface area contributed by atoms with Crippen LogP contribution in [0.2, 0.25) is 0 Å². The van der Waals surface area contributed by atoms with Crippen molar-refractivity contribution in [2.45, 2.75) is 44.4 Å². The molecule has 1 amide bonds. The summed E-state index contributed by atoms with van der Waals surface area (Å²) in [5, 5.41) is 7.49. The maximum absolute atomic E-state index is 12.7. The minimum Gasteiger partial charge on any atom is -0.377 e. The lowest BCUT2D eigenvalue weighted by Crippen LogP contribution is -2.54. The molecule has 2 aliphatic heterocycles. The molecule has 3 atom stereocenters. The van der Waals surface area contributed by atoms with Crippen LogP contribution in [0.1, 0.15) is 31.2 Å². The summed E-state index contributed by atoms with van der Waals surface area (Å²) in [6, 6.07) is 0.414. The maximum atomic E-state index is 12.7. The zero-order valence-corrected chi connectivity index (χ0v) is 13.8. The molecule has 0 unspecified atom stereocenters. The molecular formula is C17H26N4O2. The molecule has 3 fully saturated rings. The van der Waals surface area contributed by atoms with Gasteiger partial charge in [0.1, 0.15) is 0 Å². The molecule has 0 aromatic carbocycles. The van der Waals surface area contributed by atoms with Crippen LogP contribution < -0.4 is 5.32 Å². The summed E-state index contributed by atoms with van der Waals surface area (Å²) in [5.41, 5.74) is 1.20. The number of likely N-dealkylation sites (tertiary alicyclic amines) is 1.